The maximum atomic E-state index is 12.9. The number of likely N-dealkylation sites (N-methyl/N-ethyl adjacent to an activating group) is 1. The Labute approximate surface area is 419 Å². The number of carbonyl (C=O) groups is 1. The fraction of sp³-hybridized carbons (Fsp3) is 0.678. The summed E-state index contributed by atoms with van der Waals surface area (Å²) in [5.41, 5.74) is 0. The number of phosphoric ester groups is 1. The minimum Gasteiger partial charge on any atom is -0.387 e. The number of nitrogens with zero attached hydrogens (tertiary/aromatic N) is 1. The lowest BCUT2D eigenvalue weighted by Gasteiger charge is -2.25. The number of hydrogen-bond acceptors (Lipinski definition) is 5. The summed E-state index contributed by atoms with van der Waals surface area (Å²) >= 11 is 0. The van der Waals surface area contributed by atoms with Crippen LogP contribution in [0.15, 0.2) is 109 Å². The summed E-state index contributed by atoms with van der Waals surface area (Å²) in [6.45, 7) is 4.64. The highest BCUT2D eigenvalue weighted by Crippen LogP contribution is 2.43. The third-order valence-electron chi connectivity index (χ3n) is 11.5. The number of aliphatic hydroxyl groups excluding tert-OH is 1. The molecule has 0 rings (SSSR count). The van der Waals surface area contributed by atoms with E-state index in [1.54, 1.807) is 6.08 Å². The van der Waals surface area contributed by atoms with Crippen molar-refractivity contribution in [3.63, 3.8) is 0 Å². The summed E-state index contributed by atoms with van der Waals surface area (Å²) in [7, 11) is 1.51. The van der Waals surface area contributed by atoms with Crippen LogP contribution in [0.25, 0.3) is 0 Å². The molecule has 390 valence electrons. The van der Waals surface area contributed by atoms with Crippen molar-refractivity contribution >= 4 is 13.7 Å². The second kappa shape index (κ2) is 49.2. The molecule has 0 fully saturated rings. The van der Waals surface area contributed by atoms with E-state index in [4.69, 9.17) is 9.05 Å². The molecular weight excluding hydrogens is 864 g/mol. The lowest BCUT2D eigenvalue weighted by Crippen LogP contribution is -2.45. The molecule has 0 aliphatic carbocycles. The van der Waals surface area contributed by atoms with Gasteiger partial charge >= 0.3 is 7.82 Å². The van der Waals surface area contributed by atoms with Crippen LogP contribution in [-0.2, 0) is 18.4 Å². The van der Waals surface area contributed by atoms with E-state index < -0.39 is 20.0 Å². The topological polar surface area (TPSA) is 105 Å². The summed E-state index contributed by atoms with van der Waals surface area (Å²) in [4.78, 5) is 23.3. The molecule has 0 saturated carbocycles. The first-order valence-electron chi connectivity index (χ1n) is 27.3. The maximum Gasteiger partial charge on any atom is 0.472 e. The number of nitrogens with one attached hydrogen (secondary N) is 1. The van der Waals surface area contributed by atoms with Crippen LogP contribution in [0, 0.1) is 0 Å². The smallest absolute Gasteiger partial charge is 0.387 e. The molecule has 0 bridgehead atoms. The number of hydrogen-bond donors (Lipinski definition) is 3. The summed E-state index contributed by atoms with van der Waals surface area (Å²) in [5, 5.41) is 13.9. The number of unbranched alkanes of at least 4 members (excludes halogenated alkanes) is 19. The van der Waals surface area contributed by atoms with Crippen LogP contribution >= 0.6 is 7.82 Å². The van der Waals surface area contributed by atoms with Gasteiger partial charge in [0.15, 0.2) is 0 Å². The highest BCUT2D eigenvalue weighted by molar-refractivity contribution is 7.47. The number of quaternary nitrogens is 1. The molecule has 0 saturated heterocycles. The quantitative estimate of drug-likeness (QED) is 0.0243. The molecule has 3 N–H and O–H groups in total. The normalized spacial score (nSPS) is 14.9. The zero-order valence-electron chi connectivity index (χ0n) is 44.3. The highest BCUT2D eigenvalue weighted by Gasteiger charge is 2.27. The Balaban J connectivity index is 4.44. The van der Waals surface area contributed by atoms with Gasteiger partial charge in [-0.2, -0.15) is 0 Å². The van der Waals surface area contributed by atoms with Gasteiger partial charge in [-0.1, -0.05) is 213 Å². The summed E-state index contributed by atoms with van der Waals surface area (Å²) in [5.74, 6) is -0.219. The van der Waals surface area contributed by atoms with Gasteiger partial charge in [0.05, 0.1) is 39.9 Å². The average molecular weight is 968 g/mol. The predicted molar refractivity (Wildman–Crippen MR) is 295 cm³/mol. The van der Waals surface area contributed by atoms with Crippen LogP contribution in [0.2, 0.25) is 0 Å². The minimum atomic E-state index is -4.37. The van der Waals surface area contributed by atoms with Crippen molar-refractivity contribution in [3.8, 4) is 0 Å². The Morgan fingerprint density at radius 2 is 0.897 bits per heavy atom. The van der Waals surface area contributed by atoms with E-state index >= 15 is 0 Å². The third-order valence-corrected chi connectivity index (χ3v) is 12.4. The van der Waals surface area contributed by atoms with Gasteiger partial charge in [0.25, 0.3) is 0 Å². The van der Waals surface area contributed by atoms with E-state index in [2.05, 4.69) is 116 Å². The van der Waals surface area contributed by atoms with Crippen molar-refractivity contribution in [2.24, 2.45) is 0 Å². The van der Waals surface area contributed by atoms with E-state index in [9.17, 15) is 19.4 Å². The van der Waals surface area contributed by atoms with Crippen molar-refractivity contribution in [1.29, 1.82) is 0 Å². The molecule has 3 unspecified atom stereocenters. The van der Waals surface area contributed by atoms with E-state index in [-0.39, 0.29) is 19.1 Å². The fourth-order valence-corrected chi connectivity index (χ4v) is 7.93. The Kier molecular flexibility index (Phi) is 47.1. The van der Waals surface area contributed by atoms with Crippen LogP contribution in [0.1, 0.15) is 206 Å². The molecule has 9 heteroatoms. The summed E-state index contributed by atoms with van der Waals surface area (Å²) < 4.78 is 23.6. The van der Waals surface area contributed by atoms with Crippen molar-refractivity contribution in [3.05, 3.63) is 109 Å². The Morgan fingerprint density at radius 3 is 1.35 bits per heavy atom. The first-order chi connectivity index (χ1) is 33.0. The van der Waals surface area contributed by atoms with Crippen LogP contribution < -0.4 is 5.32 Å². The molecule has 0 aromatic rings. The highest BCUT2D eigenvalue weighted by atomic mass is 31.2. The molecule has 1 amide bonds. The van der Waals surface area contributed by atoms with E-state index in [1.807, 2.05) is 27.2 Å². The molecule has 0 heterocycles. The summed E-state index contributed by atoms with van der Waals surface area (Å²) in [6, 6.07) is -0.892. The minimum absolute atomic E-state index is 0.0418. The van der Waals surface area contributed by atoms with Crippen LogP contribution in [0.3, 0.4) is 0 Å². The lowest BCUT2D eigenvalue weighted by atomic mass is 10.0. The standard InChI is InChI=1S/C59H103N2O6P/c1-6-8-10-12-14-16-18-20-22-24-26-28-30-32-34-36-38-40-42-44-46-48-50-52-58(62)57(56-67-68(64,65)66-55-54-61(3,4)5)60-59(63)53-51-49-47-45-43-41-39-37-35-33-31-29-27-25-23-21-19-17-15-13-11-9-7-2/h9,11,15,17,21,23,27,29,33-36,39,41-42,44,50,52,57-58,62H,6-8,10,12-14,16,18-20,22,24-26,28,30-32,37-38,40,43,45-49,51,53-56H2,1-5H3,(H-,60,63,64,65)/p+1/b11-9-,17-15-,23-21-,29-27-,35-33-,36-34+,41-39-,44-42+,52-50+. The Bertz CT molecular complexity index is 1470. The molecular formula is C59H104N2O6P+. The van der Waals surface area contributed by atoms with Gasteiger partial charge < -0.3 is 19.8 Å². The van der Waals surface area contributed by atoms with Gasteiger partial charge in [0.1, 0.15) is 13.2 Å². The molecule has 3 atom stereocenters. The van der Waals surface area contributed by atoms with Crippen LogP contribution in [0.4, 0.5) is 0 Å². The Hall–Kier alpha value is -2.84. The van der Waals surface area contributed by atoms with E-state index in [1.165, 1.54) is 89.9 Å². The largest absolute Gasteiger partial charge is 0.472 e. The van der Waals surface area contributed by atoms with Gasteiger partial charge in [-0.25, -0.2) is 4.57 Å². The molecule has 0 spiro atoms. The summed E-state index contributed by atoms with van der Waals surface area (Å²) in [6.07, 6.45) is 71.8. The zero-order chi connectivity index (χ0) is 49.9. The fourth-order valence-electron chi connectivity index (χ4n) is 7.19. The van der Waals surface area contributed by atoms with Gasteiger partial charge in [-0.3, -0.25) is 13.8 Å². The molecule has 0 aromatic heterocycles. The van der Waals surface area contributed by atoms with Gasteiger partial charge in [0.2, 0.25) is 5.91 Å². The van der Waals surface area contributed by atoms with E-state index in [0.29, 0.717) is 17.4 Å². The molecule has 68 heavy (non-hydrogen) atoms. The number of phosphoric acid groups is 1. The molecule has 0 aliphatic rings. The van der Waals surface area contributed by atoms with Crippen molar-refractivity contribution in [1.82, 2.24) is 5.32 Å². The van der Waals surface area contributed by atoms with Gasteiger partial charge in [-0.05, 0) is 96.3 Å². The first kappa shape index (κ1) is 65.2. The number of allylic oxidation sites excluding steroid dienone is 17. The number of rotatable bonds is 48. The molecule has 0 aliphatic heterocycles. The van der Waals surface area contributed by atoms with Gasteiger partial charge in [-0.15, -0.1) is 0 Å². The Morgan fingerprint density at radius 1 is 0.515 bits per heavy atom. The lowest BCUT2D eigenvalue weighted by molar-refractivity contribution is -0.870. The van der Waals surface area contributed by atoms with Crippen molar-refractivity contribution < 1.29 is 32.9 Å². The monoisotopic (exact) mass is 968 g/mol. The molecule has 0 radical (unpaired) electrons. The van der Waals surface area contributed by atoms with Crippen molar-refractivity contribution in [2.45, 2.75) is 219 Å². The van der Waals surface area contributed by atoms with Gasteiger partial charge in [0, 0.05) is 6.42 Å². The average Bonchev–Trinajstić information content (AvgIpc) is 3.30. The number of carbonyl (C=O) groups excluding carboxylic acids is 1. The van der Waals surface area contributed by atoms with Crippen molar-refractivity contribution in [2.75, 3.05) is 40.9 Å². The second-order valence-electron chi connectivity index (χ2n) is 19.2. The van der Waals surface area contributed by atoms with Crippen LogP contribution in [-0.4, -0.2) is 73.4 Å². The van der Waals surface area contributed by atoms with E-state index in [0.717, 1.165) is 96.3 Å². The molecule has 8 nitrogen and oxygen atoms in total. The first-order valence-corrected chi connectivity index (χ1v) is 28.8. The SMILES string of the molecule is CC/C=C\C/C=C\C/C=C\C/C=C\C/C=C\C/C=C\CCCCCCC(=O)NC(COP(=O)(O)OCC[N+](C)(C)C)C(O)/C=C/CC/C=C/CC/C=C/CCCCCCCCCCCCCCC. The second-order valence-corrected chi connectivity index (χ2v) is 20.7. The van der Waals surface area contributed by atoms with Crippen LogP contribution in [0.5, 0.6) is 0 Å². The molecule has 0 aromatic carbocycles. The number of amides is 1. The predicted octanol–water partition coefficient (Wildman–Crippen LogP) is 16.4. The maximum absolute atomic E-state index is 12.9. The zero-order valence-corrected chi connectivity index (χ0v) is 45.2. The number of aliphatic hydroxyl groups is 1. The third kappa shape index (κ3) is 51.0.